The summed E-state index contributed by atoms with van der Waals surface area (Å²) in [7, 11) is 0. The third-order valence-electron chi connectivity index (χ3n) is 4.04. The maximum Gasteiger partial charge on any atom is 0.210 e. The number of benzene rings is 2. The summed E-state index contributed by atoms with van der Waals surface area (Å²) >= 11 is 0. The van der Waals surface area contributed by atoms with Crippen molar-refractivity contribution in [1.82, 2.24) is 0 Å². The summed E-state index contributed by atoms with van der Waals surface area (Å²) in [6, 6.07) is 16.5. The van der Waals surface area contributed by atoms with Gasteiger partial charge >= 0.3 is 0 Å². The van der Waals surface area contributed by atoms with Crippen LogP contribution in [0.4, 0.5) is 0 Å². The predicted octanol–water partition coefficient (Wildman–Crippen LogP) is 5.51. The lowest BCUT2D eigenvalue weighted by molar-refractivity contribution is -0.344. The molecule has 110 valence electrons. The number of nitrogens with zero attached hydrogens (tertiary/aromatic N) is 2. The van der Waals surface area contributed by atoms with Crippen LogP contribution in [0.3, 0.4) is 0 Å². The predicted molar refractivity (Wildman–Crippen MR) is 91.2 cm³/mol. The molecule has 0 aromatic heterocycles. The fourth-order valence-corrected chi connectivity index (χ4v) is 2.93. The molecule has 0 N–H and O–H groups in total. The Morgan fingerprint density at radius 3 is 2.09 bits per heavy atom. The van der Waals surface area contributed by atoms with Gasteiger partial charge in [0.25, 0.3) is 0 Å². The molecule has 0 bridgehead atoms. The van der Waals surface area contributed by atoms with Crippen molar-refractivity contribution in [3.05, 3.63) is 88.0 Å². The summed E-state index contributed by atoms with van der Waals surface area (Å²) in [6.45, 7) is 6.26. The lowest BCUT2D eigenvalue weighted by Crippen LogP contribution is -2.02. The van der Waals surface area contributed by atoms with Crippen molar-refractivity contribution in [3.63, 3.8) is 0 Å². The Kier molecular flexibility index (Phi) is 3.76. The highest BCUT2D eigenvalue weighted by Gasteiger charge is 2.27. The summed E-state index contributed by atoms with van der Waals surface area (Å²) in [5.74, 6) is 0. The first-order chi connectivity index (χ1) is 10.6. The van der Waals surface area contributed by atoms with Crippen LogP contribution in [0.5, 0.6) is 0 Å². The molecular formula is C20H20N2. The van der Waals surface area contributed by atoms with Crippen LogP contribution < -0.4 is 0 Å². The van der Waals surface area contributed by atoms with Crippen LogP contribution in [0.15, 0.2) is 60.2 Å². The fraction of sp³-hybridized carbons (Fsp3) is 0.200. The van der Waals surface area contributed by atoms with Crippen LogP contribution in [0.2, 0.25) is 0 Å². The van der Waals surface area contributed by atoms with Gasteiger partial charge in [0.2, 0.25) is 11.4 Å². The van der Waals surface area contributed by atoms with Crippen LogP contribution in [-0.4, -0.2) is 4.70 Å². The molecule has 0 spiro atoms. The van der Waals surface area contributed by atoms with Gasteiger partial charge in [-0.15, -0.1) is 0 Å². The summed E-state index contributed by atoms with van der Waals surface area (Å²) in [4.78, 5) is 0. The zero-order valence-electron chi connectivity index (χ0n) is 13.3. The van der Waals surface area contributed by atoms with Gasteiger partial charge in [0.1, 0.15) is 0 Å². The van der Waals surface area contributed by atoms with Crippen LogP contribution in [0.25, 0.3) is 16.9 Å². The zero-order valence-corrected chi connectivity index (χ0v) is 13.3. The van der Waals surface area contributed by atoms with E-state index < -0.39 is 0 Å². The maximum atomic E-state index is 10.7. The van der Waals surface area contributed by atoms with Gasteiger partial charge in [-0.25, -0.2) is 4.70 Å². The maximum absolute atomic E-state index is 10.7. The minimum Gasteiger partial charge on any atom is -0.493 e. The Balaban J connectivity index is 2.06. The van der Waals surface area contributed by atoms with Gasteiger partial charge in [-0.05, 0) is 44.5 Å². The molecule has 1 heterocycles. The van der Waals surface area contributed by atoms with E-state index in [4.69, 9.17) is 0 Å². The highest BCUT2D eigenvalue weighted by molar-refractivity contribution is 5.78. The van der Waals surface area contributed by atoms with Crippen LogP contribution in [0.1, 0.15) is 35.6 Å². The number of aryl methyl sites for hydroxylation is 2. The summed E-state index contributed by atoms with van der Waals surface area (Å²) in [5, 5.41) is 0. The van der Waals surface area contributed by atoms with Crippen molar-refractivity contribution >= 4 is 11.4 Å². The number of hydrogen-bond acceptors (Lipinski definition) is 0. The van der Waals surface area contributed by atoms with E-state index in [1.807, 2.05) is 24.3 Å². The number of hydrogen-bond donors (Lipinski definition) is 0. The van der Waals surface area contributed by atoms with Crippen molar-refractivity contribution in [2.75, 3.05) is 0 Å². The standard InChI is InChI=1S/C20H20N2/c1-4-16-13-19(17-9-5-7-14(2)11-17)22(21)20(16)18-10-6-8-15(3)12-18/h5-13H,4H2,1-3H3. The molecule has 2 aromatic carbocycles. The van der Waals surface area contributed by atoms with Gasteiger partial charge in [-0.1, -0.05) is 42.3 Å². The van der Waals surface area contributed by atoms with E-state index in [1.54, 1.807) is 0 Å². The average molecular weight is 288 g/mol. The van der Waals surface area contributed by atoms with Crippen molar-refractivity contribution in [1.29, 1.82) is 0 Å². The van der Waals surface area contributed by atoms with E-state index in [9.17, 15) is 5.53 Å². The molecule has 0 atom stereocenters. The molecule has 2 nitrogen and oxygen atoms in total. The molecule has 2 heteroatoms. The molecule has 0 aliphatic carbocycles. The van der Waals surface area contributed by atoms with Gasteiger partial charge < -0.3 is 5.53 Å². The van der Waals surface area contributed by atoms with Crippen LogP contribution in [0, 0.1) is 13.8 Å². The van der Waals surface area contributed by atoms with Crippen molar-refractivity contribution in [3.8, 4) is 0 Å². The van der Waals surface area contributed by atoms with Crippen LogP contribution in [-0.2, 0) is 0 Å². The summed E-state index contributed by atoms with van der Waals surface area (Å²) in [6.07, 6.45) is 2.97. The third kappa shape index (κ3) is 2.52. The van der Waals surface area contributed by atoms with Gasteiger partial charge in [0, 0.05) is 22.8 Å². The second-order valence-corrected chi connectivity index (χ2v) is 5.81. The van der Waals surface area contributed by atoms with E-state index in [-0.39, 0.29) is 0 Å². The lowest BCUT2D eigenvalue weighted by Gasteiger charge is -2.10. The molecule has 0 radical (unpaired) electrons. The molecule has 1 aliphatic rings. The molecule has 0 fully saturated rings. The Hall–Kier alpha value is -2.48. The minimum atomic E-state index is 0.844. The molecule has 0 unspecified atom stereocenters. The molecule has 3 rings (SSSR count). The Morgan fingerprint density at radius 2 is 1.50 bits per heavy atom. The molecule has 0 saturated carbocycles. The first-order valence-corrected chi connectivity index (χ1v) is 7.68. The van der Waals surface area contributed by atoms with E-state index in [0.717, 1.165) is 34.5 Å². The first-order valence-electron chi connectivity index (χ1n) is 7.68. The van der Waals surface area contributed by atoms with Gasteiger partial charge in [0.05, 0.1) is 0 Å². The second-order valence-electron chi connectivity index (χ2n) is 5.81. The van der Waals surface area contributed by atoms with Crippen molar-refractivity contribution in [2.24, 2.45) is 0 Å². The molecular weight excluding hydrogens is 268 g/mol. The second kappa shape index (κ2) is 5.72. The fourth-order valence-electron chi connectivity index (χ4n) is 2.93. The summed E-state index contributed by atoms with van der Waals surface area (Å²) < 4.78 is 1.34. The topological polar surface area (TPSA) is 25.3 Å². The van der Waals surface area contributed by atoms with Crippen LogP contribution >= 0.6 is 0 Å². The molecule has 0 amide bonds. The molecule has 1 aliphatic heterocycles. The largest absolute Gasteiger partial charge is 0.493 e. The smallest absolute Gasteiger partial charge is 0.210 e. The third-order valence-corrected chi connectivity index (χ3v) is 4.04. The van der Waals surface area contributed by atoms with Gasteiger partial charge in [0.15, 0.2) is 0 Å². The molecule has 0 saturated heterocycles. The quantitative estimate of drug-likeness (QED) is 0.665. The number of rotatable bonds is 3. The normalized spacial score (nSPS) is 14.5. The Morgan fingerprint density at radius 1 is 0.909 bits per heavy atom. The van der Waals surface area contributed by atoms with Crippen molar-refractivity contribution < 1.29 is 4.70 Å². The first kappa shape index (κ1) is 14.5. The minimum absolute atomic E-state index is 0.844. The number of allylic oxidation sites excluding steroid dienone is 2. The SMILES string of the molecule is CCC1=C(c2cccc(C)c2)[N+](=[N-])C(c2cccc(C)c2)=C1. The van der Waals surface area contributed by atoms with Crippen molar-refractivity contribution in [2.45, 2.75) is 27.2 Å². The van der Waals surface area contributed by atoms with Gasteiger partial charge in [-0.2, -0.15) is 0 Å². The monoisotopic (exact) mass is 288 g/mol. The average Bonchev–Trinajstić information content (AvgIpc) is 2.84. The molecule has 22 heavy (non-hydrogen) atoms. The zero-order chi connectivity index (χ0) is 15.7. The summed E-state index contributed by atoms with van der Waals surface area (Å²) in [5.41, 5.74) is 18.1. The lowest BCUT2D eigenvalue weighted by atomic mass is 10.0. The van der Waals surface area contributed by atoms with Gasteiger partial charge in [-0.3, -0.25) is 0 Å². The van der Waals surface area contributed by atoms with E-state index in [2.05, 4.69) is 51.1 Å². The Bertz CT molecular complexity index is 810. The van der Waals surface area contributed by atoms with E-state index >= 15 is 0 Å². The Labute approximate surface area is 131 Å². The highest BCUT2D eigenvalue weighted by Crippen LogP contribution is 2.36. The highest BCUT2D eigenvalue weighted by atomic mass is 15.2. The van der Waals surface area contributed by atoms with E-state index in [0.29, 0.717) is 0 Å². The molecule has 2 aromatic rings. The van der Waals surface area contributed by atoms with E-state index in [1.165, 1.54) is 15.8 Å².